The van der Waals surface area contributed by atoms with Crippen LogP contribution in [-0.4, -0.2) is 19.7 Å². The predicted octanol–water partition coefficient (Wildman–Crippen LogP) is 4.63. The zero-order valence-corrected chi connectivity index (χ0v) is 15.2. The van der Waals surface area contributed by atoms with E-state index in [4.69, 9.17) is 0 Å². The monoisotopic (exact) mass is 400 g/mol. The maximum absolute atomic E-state index is 13.5. The Labute approximate surface area is 156 Å². The molecule has 2 aromatic heterocycles. The van der Waals surface area contributed by atoms with E-state index in [1.54, 1.807) is 13.8 Å². The van der Waals surface area contributed by atoms with Crippen molar-refractivity contribution in [2.24, 2.45) is 5.92 Å². The van der Waals surface area contributed by atoms with Crippen molar-refractivity contribution in [3.8, 4) is 0 Å². The average Bonchev–Trinajstić information content (AvgIpc) is 2.94. The molecule has 1 N–H and O–H groups in total. The number of benzene rings is 1. The molecule has 0 spiro atoms. The quantitative estimate of drug-likeness (QED) is 0.650. The fraction of sp³-hybridized carbons (Fsp3) is 0.389. The van der Waals surface area contributed by atoms with Crippen LogP contribution in [0.5, 0.6) is 0 Å². The van der Waals surface area contributed by atoms with Crippen molar-refractivity contribution < 1.29 is 22.0 Å². The number of aryl methyl sites for hydroxylation is 1. The summed E-state index contributed by atoms with van der Waals surface area (Å²) in [6, 6.07) is 3.73. The molecule has 1 unspecified atom stereocenters. The summed E-state index contributed by atoms with van der Waals surface area (Å²) >= 11 is 0. The van der Waals surface area contributed by atoms with Crippen molar-refractivity contribution in [3.05, 3.63) is 57.3 Å². The van der Waals surface area contributed by atoms with Gasteiger partial charge in [-0.2, -0.15) is 18.3 Å². The lowest BCUT2D eigenvalue weighted by atomic mass is 9.95. The van der Waals surface area contributed by atoms with Gasteiger partial charge in [-0.15, -0.1) is 0 Å². The summed E-state index contributed by atoms with van der Waals surface area (Å²) in [6.07, 6.45) is -7.49. The van der Waals surface area contributed by atoms with Crippen molar-refractivity contribution in [2.75, 3.05) is 0 Å². The number of halogens is 5. The smallest absolute Gasteiger partial charge is 0.310 e. The molecule has 1 atom stereocenters. The molecular formula is C18H17F5N4O. The third-order valence-electron chi connectivity index (χ3n) is 4.39. The molecule has 3 aromatic rings. The van der Waals surface area contributed by atoms with Gasteiger partial charge in [0.25, 0.3) is 12.0 Å². The molecule has 10 heteroatoms. The topological polar surface area (TPSA) is 63.6 Å². The first-order valence-corrected chi connectivity index (χ1v) is 8.45. The van der Waals surface area contributed by atoms with Gasteiger partial charge < -0.3 is 4.98 Å². The van der Waals surface area contributed by atoms with Gasteiger partial charge >= 0.3 is 6.18 Å². The molecule has 2 heterocycles. The molecule has 0 saturated heterocycles. The zero-order chi connectivity index (χ0) is 20.8. The van der Waals surface area contributed by atoms with Gasteiger partial charge in [0, 0.05) is 0 Å². The molecule has 5 nitrogen and oxygen atoms in total. The van der Waals surface area contributed by atoms with E-state index < -0.39 is 35.5 Å². The molecule has 1 aromatic carbocycles. The number of alkyl halides is 5. The standard InChI is InChI=1S/C18H17F5N4O/c1-8(2)14(10-4-6-11(7-5-10)18(21,22)23)27-16-12(13(26-27)15(19)20)17(28)25-9(3)24-16/h4-8,14-15H,1-3H3,(H,24,25,28). The minimum Gasteiger partial charge on any atom is -0.310 e. The van der Waals surface area contributed by atoms with Crippen molar-refractivity contribution in [1.82, 2.24) is 19.7 Å². The van der Waals surface area contributed by atoms with Crippen molar-refractivity contribution >= 4 is 11.0 Å². The Bertz CT molecular complexity index is 1050. The van der Waals surface area contributed by atoms with Crippen LogP contribution >= 0.6 is 0 Å². The number of fused-ring (bicyclic) bond motifs is 1. The normalized spacial score (nSPS) is 13.6. The SMILES string of the molecule is Cc1nc2c(c(C(F)F)nn2C(c2ccc(C(F)(F)F)cc2)C(C)C)c(=O)[nH]1. The number of aromatic nitrogens is 4. The van der Waals surface area contributed by atoms with E-state index in [1.807, 2.05) is 0 Å². The summed E-state index contributed by atoms with van der Waals surface area (Å²) in [5.41, 5.74) is -1.86. The highest BCUT2D eigenvalue weighted by Crippen LogP contribution is 2.34. The van der Waals surface area contributed by atoms with Gasteiger partial charge in [0.05, 0.1) is 11.6 Å². The second kappa shape index (κ2) is 6.99. The zero-order valence-electron chi connectivity index (χ0n) is 15.2. The van der Waals surface area contributed by atoms with Crippen LogP contribution in [0.15, 0.2) is 29.1 Å². The highest BCUT2D eigenvalue weighted by molar-refractivity contribution is 5.77. The fourth-order valence-corrected chi connectivity index (χ4v) is 3.21. The first kappa shape index (κ1) is 20.0. The van der Waals surface area contributed by atoms with Crippen LogP contribution < -0.4 is 5.56 Å². The van der Waals surface area contributed by atoms with Gasteiger partial charge in [-0.25, -0.2) is 18.4 Å². The van der Waals surface area contributed by atoms with Gasteiger partial charge in [0.1, 0.15) is 16.9 Å². The molecule has 0 aliphatic rings. The Morgan fingerprint density at radius 2 is 1.71 bits per heavy atom. The van der Waals surface area contributed by atoms with E-state index >= 15 is 0 Å². The number of hydrogen-bond acceptors (Lipinski definition) is 3. The Morgan fingerprint density at radius 1 is 1.11 bits per heavy atom. The summed E-state index contributed by atoms with van der Waals surface area (Å²) < 4.78 is 66.6. The number of H-pyrrole nitrogens is 1. The molecule has 0 fully saturated rings. The summed E-state index contributed by atoms with van der Waals surface area (Å²) in [5, 5.41) is 3.60. The lowest BCUT2D eigenvalue weighted by Crippen LogP contribution is -2.20. The molecule has 0 saturated carbocycles. The largest absolute Gasteiger partial charge is 0.416 e. The number of aromatic amines is 1. The van der Waals surface area contributed by atoms with E-state index in [2.05, 4.69) is 15.1 Å². The van der Waals surface area contributed by atoms with Crippen molar-refractivity contribution in [1.29, 1.82) is 0 Å². The maximum Gasteiger partial charge on any atom is 0.416 e. The number of hydrogen-bond donors (Lipinski definition) is 1. The van der Waals surface area contributed by atoms with Crippen LogP contribution in [0, 0.1) is 12.8 Å². The summed E-state index contributed by atoms with van der Waals surface area (Å²) in [6.45, 7) is 5.05. The Balaban J connectivity index is 2.23. The lowest BCUT2D eigenvalue weighted by molar-refractivity contribution is -0.137. The van der Waals surface area contributed by atoms with Gasteiger partial charge in [-0.05, 0) is 30.5 Å². The number of nitrogens with one attached hydrogen (secondary N) is 1. The first-order valence-electron chi connectivity index (χ1n) is 8.45. The van der Waals surface area contributed by atoms with Gasteiger partial charge in [-0.1, -0.05) is 26.0 Å². The molecule has 0 bridgehead atoms. The van der Waals surface area contributed by atoms with Gasteiger partial charge in [-0.3, -0.25) is 4.79 Å². The fourth-order valence-electron chi connectivity index (χ4n) is 3.21. The molecule has 150 valence electrons. The predicted molar refractivity (Wildman–Crippen MR) is 92.3 cm³/mol. The Hall–Kier alpha value is -2.78. The van der Waals surface area contributed by atoms with Crippen molar-refractivity contribution in [2.45, 2.75) is 39.4 Å². The van der Waals surface area contributed by atoms with Gasteiger partial charge in [0.2, 0.25) is 0 Å². The molecule has 28 heavy (non-hydrogen) atoms. The Morgan fingerprint density at radius 3 is 2.21 bits per heavy atom. The van der Waals surface area contributed by atoms with E-state index in [-0.39, 0.29) is 22.8 Å². The number of rotatable bonds is 4. The van der Waals surface area contributed by atoms with Crippen LogP contribution in [0.1, 0.15) is 49.0 Å². The number of nitrogens with zero attached hydrogens (tertiary/aromatic N) is 3. The Kier molecular flexibility index (Phi) is 4.99. The van der Waals surface area contributed by atoms with E-state index in [0.717, 1.165) is 12.1 Å². The third-order valence-corrected chi connectivity index (χ3v) is 4.39. The molecule has 0 aliphatic carbocycles. The maximum atomic E-state index is 13.5. The van der Waals surface area contributed by atoms with Crippen LogP contribution in [0.3, 0.4) is 0 Å². The van der Waals surface area contributed by atoms with E-state index in [1.165, 1.54) is 23.7 Å². The minimum atomic E-state index is -4.49. The van der Waals surface area contributed by atoms with Gasteiger partial charge in [0.15, 0.2) is 5.65 Å². The molecule has 0 amide bonds. The summed E-state index contributed by atoms with van der Waals surface area (Å²) in [5.74, 6) is -0.0128. The van der Waals surface area contributed by atoms with Crippen LogP contribution in [0.25, 0.3) is 11.0 Å². The average molecular weight is 400 g/mol. The first-order chi connectivity index (χ1) is 13.0. The van der Waals surface area contributed by atoms with Crippen LogP contribution in [0.4, 0.5) is 22.0 Å². The van der Waals surface area contributed by atoms with Crippen LogP contribution in [-0.2, 0) is 6.18 Å². The summed E-state index contributed by atoms with van der Waals surface area (Å²) in [7, 11) is 0. The molecule has 3 rings (SSSR count). The lowest BCUT2D eigenvalue weighted by Gasteiger charge is -2.23. The second-order valence-electron chi connectivity index (χ2n) is 6.79. The molecule has 0 radical (unpaired) electrons. The van der Waals surface area contributed by atoms with E-state index in [9.17, 15) is 26.7 Å². The van der Waals surface area contributed by atoms with Crippen LogP contribution in [0.2, 0.25) is 0 Å². The second-order valence-corrected chi connectivity index (χ2v) is 6.79. The molecular weight excluding hydrogens is 383 g/mol. The molecule has 0 aliphatic heterocycles. The summed E-state index contributed by atoms with van der Waals surface area (Å²) in [4.78, 5) is 18.7. The minimum absolute atomic E-state index is 0.0323. The van der Waals surface area contributed by atoms with Crippen molar-refractivity contribution in [3.63, 3.8) is 0 Å². The highest BCUT2D eigenvalue weighted by atomic mass is 19.4. The third kappa shape index (κ3) is 3.50. The van der Waals surface area contributed by atoms with E-state index in [0.29, 0.717) is 5.56 Å². The highest BCUT2D eigenvalue weighted by Gasteiger charge is 2.32.